The lowest BCUT2D eigenvalue weighted by atomic mass is 9.84. The summed E-state index contributed by atoms with van der Waals surface area (Å²) in [6, 6.07) is 22.1. The number of hydrogen-bond acceptors (Lipinski definition) is 3. The van der Waals surface area contributed by atoms with Crippen molar-refractivity contribution in [2.24, 2.45) is 0 Å². The first kappa shape index (κ1) is 18.2. The third-order valence-electron chi connectivity index (χ3n) is 5.37. The van der Waals surface area contributed by atoms with Crippen molar-refractivity contribution in [1.29, 1.82) is 0 Å². The van der Waals surface area contributed by atoms with E-state index in [1.807, 2.05) is 66.9 Å². The van der Waals surface area contributed by atoms with E-state index in [1.165, 1.54) is 0 Å². The molecule has 27 heavy (non-hydrogen) atoms. The lowest BCUT2D eigenvalue weighted by Crippen LogP contribution is -2.42. The van der Waals surface area contributed by atoms with Crippen LogP contribution in [0.1, 0.15) is 24.1 Å². The first-order valence-corrected chi connectivity index (χ1v) is 9.71. The summed E-state index contributed by atoms with van der Waals surface area (Å²) in [6.45, 7) is 2.52. The molecule has 1 aliphatic rings. The summed E-state index contributed by atoms with van der Waals surface area (Å²) in [5.41, 5.74) is 3.64. The zero-order valence-corrected chi connectivity index (χ0v) is 15.9. The number of rotatable bonds is 4. The van der Waals surface area contributed by atoms with E-state index in [4.69, 9.17) is 11.6 Å². The van der Waals surface area contributed by atoms with E-state index in [2.05, 4.69) is 16.0 Å². The zero-order chi connectivity index (χ0) is 18.7. The van der Waals surface area contributed by atoms with Gasteiger partial charge in [0, 0.05) is 30.9 Å². The molecule has 138 valence electrons. The smallest absolute Gasteiger partial charge is 0.0920 e. The Morgan fingerprint density at radius 3 is 2.33 bits per heavy atom. The summed E-state index contributed by atoms with van der Waals surface area (Å²) in [5.74, 6) is 0. The molecule has 4 rings (SSSR count). The molecule has 0 amide bonds. The van der Waals surface area contributed by atoms with Crippen LogP contribution >= 0.6 is 11.6 Å². The second kappa shape index (κ2) is 7.81. The van der Waals surface area contributed by atoms with Gasteiger partial charge in [0.25, 0.3) is 0 Å². The van der Waals surface area contributed by atoms with Crippen molar-refractivity contribution < 1.29 is 5.11 Å². The summed E-state index contributed by atoms with van der Waals surface area (Å²) >= 11 is 5.99. The Labute approximate surface area is 165 Å². The first-order chi connectivity index (χ1) is 13.1. The van der Waals surface area contributed by atoms with Crippen LogP contribution < -0.4 is 0 Å². The lowest BCUT2D eigenvalue weighted by molar-refractivity contribution is -0.0279. The fourth-order valence-electron chi connectivity index (χ4n) is 3.73. The van der Waals surface area contributed by atoms with Crippen LogP contribution in [0.5, 0.6) is 0 Å². The molecule has 1 aromatic heterocycles. The Balaban J connectivity index is 1.42. The van der Waals surface area contributed by atoms with Crippen LogP contribution in [0.2, 0.25) is 5.02 Å². The van der Waals surface area contributed by atoms with Crippen LogP contribution in [-0.4, -0.2) is 28.1 Å². The average Bonchev–Trinajstić information content (AvgIpc) is 2.71. The largest absolute Gasteiger partial charge is 0.385 e. The average molecular weight is 379 g/mol. The third kappa shape index (κ3) is 4.22. The molecule has 0 unspecified atom stereocenters. The molecule has 2 aromatic carbocycles. The number of aliphatic hydroxyl groups is 1. The van der Waals surface area contributed by atoms with Gasteiger partial charge in [-0.15, -0.1) is 0 Å². The minimum atomic E-state index is -0.712. The molecule has 2 heterocycles. The molecule has 4 heteroatoms. The van der Waals surface area contributed by atoms with Gasteiger partial charge in [0.15, 0.2) is 0 Å². The minimum Gasteiger partial charge on any atom is -0.385 e. The second-order valence-corrected chi connectivity index (χ2v) is 7.65. The van der Waals surface area contributed by atoms with Crippen LogP contribution in [0, 0.1) is 0 Å². The molecule has 0 aliphatic carbocycles. The van der Waals surface area contributed by atoms with Crippen LogP contribution in [0.15, 0.2) is 72.9 Å². The van der Waals surface area contributed by atoms with Crippen molar-refractivity contribution in [3.63, 3.8) is 0 Å². The van der Waals surface area contributed by atoms with Gasteiger partial charge in [0.2, 0.25) is 0 Å². The highest BCUT2D eigenvalue weighted by Crippen LogP contribution is 2.33. The van der Waals surface area contributed by atoms with Gasteiger partial charge in [-0.3, -0.25) is 9.88 Å². The van der Waals surface area contributed by atoms with Gasteiger partial charge >= 0.3 is 0 Å². The van der Waals surface area contributed by atoms with Crippen molar-refractivity contribution in [1.82, 2.24) is 9.88 Å². The molecule has 0 spiro atoms. The molecule has 0 atom stereocenters. The molecule has 0 bridgehead atoms. The fraction of sp³-hybridized carbons (Fsp3) is 0.261. The summed E-state index contributed by atoms with van der Waals surface area (Å²) in [5, 5.41) is 11.7. The van der Waals surface area contributed by atoms with Gasteiger partial charge in [-0.2, -0.15) is 0 Å². The predicted molar refractivity (Wildman–Crippen MR) is 110 cm³/mol. The maximum atomic E-state index is 11.0. The quantitative estimate of drug-likeness (QED) is 0.702. The predicted octanol–water partition coefficient (Wildman–Crippen LogP) is 4.89. The lowest BCUT2D eigenvalue weighted by Gasteiger charge is -2.38. The Bertz CT molecular complexity index is 888. The molecule has 1 fully saturated rings. The van der Waals surface area contributed by atoms with E-state index in [-0.39, 0.29) is 0 Å². The molecule has 0 saturated carbocycles. The molecule has 3 aromatic rings. The number of halogens is 1. The first-order valence-electron chi connectivity index (χ1n) is 9.34. The zero-order valence-electron chi connectivity index (χ0n) is 15.2. The van der Waals surface area contributed by atoms with Crippen molar-refractivity contribution in [2.45, 2.75) is 25.0 Å². The maximum Gasteiger partial charge on any atom is 0.0920 e. The topological polar surface area (TPSA) is 36.4 Å². The molecule has 1 saturated heterocycles. The number of nitrogens with zero attached hydrogens (tertiary/aromatic N) is 2. The second-order valence-electron chi connectivity index (χ2n) is 7.22. The molecular weight excluding hydrogens is 356 g/mol. The Morgan fingerprint density at radius 1 is 0.926 bits per heavy atom. The molecule has 1 aliphatic heterocycles. The Morgan fingerprint density at radius 2 is 1.63 bits per heavy atom. The summed E-state index contributed by atoms with van der Waals surface area (Å²) in [7, 11) is 0. The Hall–Kier alpha value is -2.20. The molecule has 0 radical (unpaired) electrons. The summed E-state index contributed by atoms with van der Waals surface area (Å²) < 4.78 is 0. The minimum absolute atomic E-state index is 0.712. The number of likely N-dealkylation sites (tertiary alicyclic amines) is 1. The SMILES string of the molecule is OC1(c2ccccc2)CCN(Cc2cc(-c3ccc(Cl)cc3)ccn2)CC1. The van der Waals surface area contributed by atoms with Gasteiger partial charge < -0.3 is 5.11 Å². The normalized spacial score (nSPS) is 17.0. The van der Waals surface area contributed by atoms with Gasteiger partial charge in [0.05, 0.1) is 11.3 Å². The number of hydrogen-bond donors (Lipinski definition) is 1. The van der Waals surface area contributed by atoms with Crippen molar-refractivity contribution >= 4 is 11.6 Å². The number of benzene rings is 2. The fourth-order valence-corrected chi connectivity index (χ4v) is 3.86. The van der Waals surface area contributed by atoms with Gasteiger partial charge in [-0.05, 0) is 53.8 Å². The van der Waals surface area contributed by atoms with Gasteiger partial charge in [0.1, 0.15) is 0 Å². The van der Waals surface area contributed by atoms with E-state index in [0.717, 1.165) is 59.9 Å². The van der Waals surface area contributed by atoms with Crippen molar-refractivity contribution in [3.05, 3.63) is 89.2 Å². The van der Waals surface area contributed by atoms with E-state index >= 15 is 0 Å². The van der Waals surface area contributed by atoms with E-state index in [0.29, 0.717) is 0 Å². The standard InChI is InChI=1S/C23H23ClN2O/c24-21-8-6-18(7-9-21)19-10-13-25-22(16-19)17-26-14-11-23(27,12-15-26)20-4-2-1-3-5-20/h1-10,13,16,27H,11-12,14-15,17H2. The van der Waals surface area contributed by atoms with Crippen LogP contribution in [0.3, 0.4) is 0 Å². The van der Waals surface area contributed by atoms with E-state index in [1.54, 1.807) is 0 Å². The Kier molecular flexibility index (Phi) is 5.26. The molecular formula is C23H23ClN2O. The van der Waals surface area contributed by atoms with Crippen molar-refractivity contribution in [2.75, 3.05) is 13.1 Å². The summed E-state index contributed by atoms with van der Waals surface area (Å²) in [4.78, 5) is 6.91. The van der Waals surface area contributed by atoms with Crippen molar-refractivity contribution in [3.8, 4) is 11.1 Å². The summed E-state index contributed by atoms with van der Waals surface area (Å²) in [6.07, 6.45) is 3.35. The van der Waals surface area contributed by atoms with Crippen LogP contribution in [0.25, 0.3) is 11.1 Å². The highest BCUT2D eigenvalue weighted by Gasteiger charge is 2.33. The van der Waals surface area contributed by atoms with Crippen LogP contribution in [-0.2, 0) is 12.1 Å². The van der Waals surface area contributed by atoms with E-state index < -0.39 is 5.60 Å². The highest BCUT2D eigenvalue weighted by atomic mass is 35.5. The van der Waals surface area contributed by atoms with Gasteiger partial charge in [-0.1, -0.05) is 54.1 Å². The van der Waals surface area contributed by atoms with Crippen LogP contribution in [0.4, 0.5) is 0 Å². The maximum absolute atomic E-state index is 11.0. The van der Waals surface area contributed by atoms with Gasteiger partial charge in [-0.25, -0.2) is 0 Å². The number of pyridine rings is 1. The molecule has 1 N–H and O–H groups in total. The van der Waals surface area contributed by atoms with E-state index in [9.17, 15) is 5.11 Å². The third-order valence-corrected chi connectivity index (χ3v) is 5.63. The number of piperidine rings is 1. The monoisotopic (exact) mass is 378 g/mol. The highest BCUT2D eigenvalue weighted by molar-refractivity contribution is 6.30. The molecule has 3 nitrogen and oxygen atoms in total. The number of aromatic nitrogens is 1.